The molecule has 2 nitrogen and oxygen atoms in total. The lowest BCUT2D eigenvalue weighted by atomic mass is 10.1. The van der Waals surface area contributed by atoms with Gasteiger partial charge in [-0.25, -0.2) is 0 Å². The van der Waals surface area contributed by atoms with Gasteiger partial charge in [0.1, 0.15) is 5.88 Å². The zero-order chi connectivity index (χ0) is 12.3. The molecule has 5 heteroatoms. The third-order valence-corrected chi connectivity index (χ3v) is 3.48. The van der Waals surface area contributed by atoms with E-state index < -0.39 is 0 Å². The van der Waals surface area contributed by atoms with E-state index in [4.69, 9.17) is 34.8 Å². The minimum atomic E-state index is -0.125. The molecule has 0 fully saturated rings. The maximum atomic E-state index is 11.4. The van der Waals surface area contributed by atoms with Gasteiger partial charge in [-0.15, -0.1) is 11.6 Å². The number of amides is 1. The van der Waals surface area contributed by atoms with Crippen LogP contribution in [0.15, 0.2) is 18.2 Å². The Morgan fingerprint density at radius 1 is 1.38 bits per heavy atom. The second-order valence-electron chi connectivity index (χ2n) is 3.49. The summed E-state index contributed by atoms with van der Waals surface area (Å²) in [4.78, 5) is 13.0. The highest BCUT2D eigenvalue weighted by atomic mass is 35.5. The molecule has 1 rings (SSSR count). The number of benzene rings is 1. The largest absolute Gasteiger partial charge is 0.338 e. The number of alkyl halides is 1. The van der Waals surface area contributed by atoms with Gasteiger partial charge in [0.05, 0.1) is 16.1 Å². The average Bonchev–Trinajstić information content (AvgIpc) is 2.29. The molecule has 0 N–H and O–H groups in total. The standard InChI is InChI=1S/C11H12Cl3NO/c1-7(15(2)11(16)6-12)8-3-4-9(13)10(14)5-8/h3-5,7H,6H2,1-2H3. The van der Waals surface area contributed by atoms with Crippen LogP contribution in [0.2, 0.25) is 10.0 Å². The van der Waals surface area contributed by atoms with Gasteiger partial charge < -0.3 is 4.90 Å². The maximum Gasteiger partial charge on any atom is 0.237 e. The first-order chi connectivity index (χ1) is 7.47. The van der Waals surface area contributed by atoms with E-state index in [0.717, 1.165) is 5.56 Å². The van der Waals surface area contributed by atoms with Crippen molar-refractivity contribution in [2.75, 3.05) is 12.9 Å². The van der Waals surface area contributed by atoms with Crippen molar-refractivity contribution in [1.82, 2.24) is 4.90 Å². The predicted octanol–water partition coefficient (Wildman–Crippen LogP) is 3.75. The third-order valence-electron chi connectivity index (χ3n) is 2.51. The van der Waals surface area contributed by atoms with E-state index in [1.807, 2.05) is 13.0 Å². The van der Waals surface area contributed by atoms with Crippen LogP contribution in [0.3, 0.4) is 0 Å². The zero-order valence-corrected chi connectivity index (χ0v) is 11.3. The summed E-state index contributed by atoms with van der Waals surface area (Å²) in [6.45, 7) is 1.91. The average molecular weight is 281 g/mol. The van der Waals surface area contributed by atoms with Crippen LogP contribution in [0.4, 0.5) is 0 Å². The van der Waals surface area contributed by atoms with Crippen LogP contribution in [0.25, 0.3) is 0 Å². The second-order valence-corrected chi connectivity index (χ2v) is 4.57. The minimum absolute atomic E-state index is 0.0256. The van der Waals surface area contributed by atoms with E-state index in [2.05, 4.69) is 0 Å². The summed E-state index contributed by atoms with van der Waals surface area (Å²) in [5.74, 6) is -0.150. The van der Waals surface area contributed by atoms with Crippen molar-refractivity contribution in [2.24, 2.45) is 0 Å². The first-order valence-electron chi connectivity index (χ1n) is 4.74. The predicted molar refractivity (Wildman–Crippen MR) is 68.4 cm³/mol. The summed E-state index contributed by atoms with van der Waals surface area (Å²) < 4.78 is 0. The Bertz CT molecular complexity index is 395. The van der Waals surface area contributed by atoms with Gasteiger partial charge in [-0.1, -0.05) is 29.3 Å². The third kappa shape index (κ3) is 3.03. The fourth-order valence-electron chi connectivity index (χ4n) is 1.31. The van der Waals surface area contributed by atoms with Crippen molar-refractivity contribution in [2.45, 2.75) is 13.0 Å². The van der Waals surface area contributed by atoms with Gasteiger partial charge in [-0.2, -0.15) is 0 Å². The molecule has 1 aromatic carbocycles. The normalized spacial score (nSPS) is 12.3. The highest BCUT2D eigenvalue weighted by Crippen LogP contribution is 2.27. The Morgan fingerprint density at radius 3 is 2.50 bits per heavy atom. The molecule has 0 radical (unpaired) electrons. The van der Waals surface area contributed by atoms with Gasteiger partial charge in [0.25, 0.3) is 0 Å². The van der Waals surface area contributed by atoms with Crippen LogP contribution >= 0.6 is 34.8 Å². The molecule has 1 atom stereocenters. The molecule has 0 saturated heterocycles. The highest BCUT2D eigenvalue weighted by molar-refractivity contribution is 6.42. The van der Waals surface area contributed by atoms with Crippen molar-refractivity contribution < 1.29 is 4.79 Å². The molecule has 0 bridgehead atoms. The van der Waals surface area contributed by atoms with Crippen molar-refractivity contribution in [3.8, 4) is 0 Å². The summed E-state index contributed by atoms with van der Waals surface area (Å²) >= 11 is 17.2. The topological polar surface area (TPSA) is 20.3 Å². The lowest BCUT2D eigenvalue weighted by Crippen LogP contribution is -2.30. The van der Waals surface area contributed by atoms with E-state index in [9.17, 15) is 4.79 Å². The van der Waals surface area contributed by atoms with Gasteiger partial charge in [-0.05, 0) is 24.6 Å². The number of carbonyl (C=O) groups excluding carboxylic acids is 1. The van der Waals surface area contributed by atoms with Gasteiger partial charge in [0.2, 0.25) is 5.91 Å². The summed E-state index contributed by atoms with van der Waals surface area (Å²) in [7, 11) is 1.71. The molecule has 0 spiro atoms. The Kier molecular flexibility index (Phi) is 4.90. The Labute approximate surface area is 110 Å². The fraction of sp³-hybridized carbons (Fsp3) is 0.364. The lowest BCUT2D eigenvalue weighted by Gasteiger charge is -2.24. The zero-order valence-electron chi connectivity index (χ0n) is 9.01. The summed E-state index contributed by atoms with van der Waals surface area (Å²) in [5.41, 5.74) is 0.926. The molecule has 16 heavy (non-hydrogen) atoms. The van der Waals surface area contributed by atoms with Gasteiger partial charge in [-0.3, -0.25) is 4.79 Å². The van der Waals surface area contributed by atoms with Crippen molar-refractivity contribution in [1.29, 1.82) is 0 Å². The van der Waals surface area contributed by atoms with Crippen molar-refractivity contribution in [3.63, 3.8) is 0 Å². The molecule has 0 aliphatic carbocycles. The highest BCUT2D eigenvalue weighted by Gasteiger charge is 2.16. The van der Waals surface area contributed by atoms with Crippen molar-refractivity contribution >= 4 is 40.7 Å². The van der Waals surface area contributed by atoms with Gasteiger partial charge >= 0.3 is 0 Å². The number of hydrogen-bond donors (Lipinski definition) is 0. The molecular weight excluding hydrogens is 268 g/mol. The molecule has 0 aliphatic rings. The molecule has 1 amide bonds. The molecule has 1 aromatic rings. The number of rotatable bonds is 3. The van der Waals surface area contributed by atoms with Gasteiger partial charge in [0.15, 0.2) is 0 Å². The smallest absolute Gasteiger partial charge is 0.237 e. The Hall–Kier alpha value is -0.440. The van der Waals surface area contributed by atoms with E-state index in [1.54, 1.807) is 24.1 Å². The number of hydrogen-bond acceptors (Lipinski definition) is 1. The number of carbonyl (C=O) groups is 1. The van der Waals surface area contributed by atoms with Crippen LogP contribution < -0.4 is 0 Å². The van der Waals surface area contributed by atoms with Crippen LogP contribution in [-0.2, 0) is 4.79 Å². The first kappa shape index (κ1) is 13.6. The number of nitrogens with zero attached hydrogens (tertiary/aromatic N) is 1. The SMILES string of the molecule is CC(c1ccc(Cl)c(Cl)c1)N(C)C(=O)CCl. The van der Waals surface area contributed by atoms with Gasteiger partial charge in [0, 0.05) is 7.05 Å². The van der Waals surface area contributed by atoms with Crippen LogP contribution in [0.1, 0.15) is 18.5 Å². The Balaban J connectivity index is 2.91. The first-order valence-corrected chi connectivity index (χ1v) is 6.03. The molecular formula is C11H12Cl3NO. The van der Waals surface area contributed by atoms with E-state index in [1.165, 1.54) is 0 Å². The minimum Gasteiger partial charge on any atom is -0.338 e. The summed E-state index contributed by atoms with van der Waals surface area (Å²) in [5, 5.41) is 0.988. The number of halogens is 3. The monoisotopic (exact) mass is 279 g/mol. The quantitative estimate of drug-likeness (QED) is 0.772. The van der Waals surface area contributed by atoms with Crippen LogP contribution in [0, 0.1) is 0 Å². The molecule has 0 aliphatic heterocycles. The van der Waals surface area contributed by atoms with Crippen LogP contribution in [-0.4, -0.2) is 23.7 Å². The van der Waals surface area contributed by atoms with E-state index in [-0.39, 0.29) is 17.8 Å². The molecule has 0 aromatic heterocycles. The van der Waals surface area contributed by atoms with E-state index >= 15 is 0 Å². The molecule has 1 unspecified atom stereocenters. The molecule has 0 heterocycles. The fourth-order valence-corrected chi connectivity index (χ4v) is 1.80. The molecule has 0 saturated carbocycles. The summed E-state index contributed by atoms with van der Waals surface area (Å²) in [6, 6.07) is 5.24. The van der Waals surface area contributed by atoms with E-state index in [0.29, 0.717) is 10.0 Å². The Morgan fingerprint density at radius 2 is 2.00 bits per heavy atom. The van der Waals surface area contributed by atoms with Crippen LogP contribution in [0.5, 0.6) is 0 Å². The van der Waals surface area contributed by atoms with Crippen molar-refractivity contribution in [3.05, 3.63) is 33.8 Å². The maximum absolute atomic E-state index is 11.4. The summed E-state index contributed by atoms with van der Waals surface area (Å²) in [6.07, 6.45) is 0. The molecule has 88 valence electrons. The second kappa shape index (κ2) is 5.76. The lowest BCUT2D eigenvalue weighted by molar-refractivity contribution is -0.129.